The second-order valence-electron chi connectivity index (χ2n) is 8.53. The molecule has 0 aliphatic carbocycles. The summed E-state index contributed by atoms with van der Waals surface area (Å²) >= 11 is 0. The Labute approximate surface area is 189 Å². The highest BCUT2D eigenvalue weighted by Gasteiger charge is 2.41. The molecule has 2 aromatic carbocycles. The zero-order chi connectivity index (χ0) is 22.5. The number of fused-ring (bicyclic) bond motifs is 2. The van der Waals surface area contributed by atoms with Gasteiger partial charge in [-0.05, 0) is 24.6 Å². The fourth-order valence-corrected chi connectivity index (χ4v) is 4.52. The second-order valence-corrected chi connectivity index (χ2v) is 8.53. The summed E-state index contributed by atoms with van der Waals surface area (Å²) in [6.07, 6.45) is 9.47. The zero-order valence-electron chi connectivity index (χ0n) is 18.7. The largest absolute Gasteiger partial charge is 0.351 e. The van der Waals surface area contributed by atoms with Crippen molar-refractivity contribution in [1.82, 2.24) is 0 Å². The van der Waals surface area contributed by atoms with Crippen molar-refractivity contribution >= 4 is 34.5 Å². The van der Waals surface area contributed by atoms with E-state index in [9.17, 15) is 14.4 Å². The van der Waals surface area contributed by atoms with Crippen molar-refractivity contribution in [2.75, 3.05) is 10.2 Å². The molecule has 2 amide bonds. The Morgan fingerprint density at radius 2 is 1.44 bits per heavy atom. The van der Waals surface area contributed by atoms with E-state index in [4.69, 9.17) is 0 Å². The summed E-state index contributed by atoms with van der Waals surface area (Å²) in [6.45, 7) is 2.21. The predicted molar refractivity (Wildman–Crippen MR) is 127 cm³/mol. The van der Waals surface area contributed by atoms with Crippen LogP contribution in [0.5, 0.6) is 0 Å². The standard InChI is InChI=1S/C27H30N2O3/c1-2-3-4-5-6-7-8-9-18-23(30)29-22-17-13-11-15-20(22)24(27(29)32)25-26(31)19-14-10-12-16-21(19)28-25/h10-17,28H,2-9,18H2,1H3/b25-24-. The maximum Gasteiger partial charge on any atom is 0.268 e. The van der Waals surface area contributed by atoms with Gasteiger partial charge in [0, 0.05) is 23.2 Å². The Morgan fingerprint density at radius 3 is 2.16 bits per heavy atom. The lowest BCUT2D eigenvalue weighted by molar-refractivity contribution is -0.123. The van der Waals surface area contributed by atoms with Gasteiger partial charge in [-0.15, -0.1) is 0 Å². The van der Waals surface area contributed by atoms with Crippen molar-refractivity contribution in [2.45, 2.75) is 64.7 Å². The normalized spacial score (nSPS) is 16.8. The van der Waals surface area contributed by atoms with E-state index in [1.807, 2.05) is 24.3 Å². The lowest BCUT2D eigenvalue weighted by atomic mass is 10.0. The van der Waals surface area contributed by atoms with Crippen LogP contribution < -0.4 is 10.2 Å². The first kappa shape index (κ1) is 22.0. The van der Waals surface area contributed by atoms with Crippen molar-refractivity contribution in [3.8, 4) is 0 Å². The molecule has 5 nitrogen and oxygen atoms in total. The molecule has 4 rings (SSSR count). The van der Waals surface area contributed by atoms with Crippen LogP contribution in [0.3, 0.4) is 0 Å². The number of rotatable bonds is 9. The van der Waals surface area contributed by atoms with Crippen LogP contribution in [0, 0.1) is 0 Å². The predicted octanol–water partition coefficient (Wildman–Crippen LogP) is 6.11. The van der Waals surface area contributed by atoms with Gasteiger partial charge in [0.05, 0.1) is 11.3 Å². The molecule has 0 spiro atoms. The molecule has 32 heavy (non-hydrogen) atoms. The topological polar surface area (TPSA) is 66.5 Å². The van der Waals surface area contributed by atoms with Crippen LogP contribution in [-0.2, 0) is 9.59 Å². The number of allylic oxidation sites excluding steroid dienone is 1. The molecule has 2 aliphatic rings. The van der Waals surface area contributed by atoms with Crippen LogP contribution in [0.1, 0.15) is 80.6 Å². The molecule has 2 aromatic rings. The number of imide groups is 1. The number of para-hydroxylation sites is 2. The highest BCUT2D eigenvalue weighted by Crippen LogP contribution is 2.42. The lowest BCUT2D eigenvalue weighted by Crippen LogP contribution is -2.33. The van der Waals surface area contributed by atoms with Crippen LogP contribution in [0.15, 0.2) is 54.2 Å². The first-order chi connectivity index (χ1) is 15.6. The molecule has 5 heteroatoms. The third-order valence-corrected chi connectivity index (χ3v) is 6.23. The third kappa shape index (κ3) is 4.24. The number of carbonyl (C=O) groups excluding carboxylic acids is 3. The first-order valence-corrected chi connectivity index (χ1v) is 11.7. The summed E-state index contributed by atoms with van der Waals surface area (Å²) in [6, 6.07) is 14.4. The van der Waals surface area contributed by atoms with Crippen molar-refractivity contribution in [3.63, 3.8) is 0 Å². The van der Waals surface area contributed by atoms with Crippen LogP contribution >= 0.6 is 0 Å². The highest BCUT2D eigenvalue weighted by atomic mass is 16.2. The Kier molecular flexibility index (Phi) is 6.84. The number of nitrogens with zero attached hydrogens (tertiary/aromatic N) is 1. The van der Waals surface area contributed by atoms with Crippen molar-refractivity contribution in [1.29, 1.82) is 0 Å². The fourth-order valence-electron chi connectivity index (χ4n) is 4.52. The number of Topliss-reactive ketones (excluding diaryl/α,β-unsaturated/α-hetero) is 1. The summed E-state index contributed by atoms with van der Waals surface area (Å²) < 4.78 is 0. The van der Waals surface area contributed by atoms with Crippen LogP contribution in [0.25, 0.3) is 5.57 Å². The van der Waals surface area contributed by atoms with E-state index in [2.05, 4.69) is 12.2 Å². The Morgan fingerprint density at radius 1 is 0.812 bits per heavy atom. The molecule has 0 aromatic heterocycles. The number of anilines is 2. The number of unbranched alkanes of at least 4 members (excludes halogenated alkanes) is 7. The number of nitrogens with one attached hydrogen (secondary N) is 1. The molecule has 0 atom stereocenters. The molecular weight excluding hydrogens is 400 g/mol. The van der Waals surface area contributed by atoms with Crippen molar-refractivity contribution in [2.24, 2.45) is 0 Å². The molecule has 2 heterocycles. The van der Waals surface area contributed by atoms with Gasteiger partial charge in [0.25, 0.3) is 5.91 Å². The van der Waals surface area contributed by atoms with Crippen LogP contribution in [0.2, 0.25) is 0 Å². The molecule has 0 fully saturated rings. The van der Waals surface area contributed by atoms with Gasteiger partial charge in [-0.25, -0.2) is 4.90 Å². The van der Waals surface area contributed by atoms with Gasteiger partial charge in [-0.1, -0.05) is 82.2 Å². The van der Waals surface area contributed by atoms with Gasteiger partial charge in [0.15, 0.2) is 0 Å². The number of ketones is 1. The van der Waals surface area contributed by atoms with E-state index in [1.165, 1.54) is 37.0 Å². The minimum Gasteiger partial charge on any atom is -0.351 e. The Hall–Kier alpha value is -3.21. The van der Waals surface area contributed by atoms with Gasteiger partial charge in [-0.3, -0.25) is 14.4 Å². The fraction of sp³-hybridized carbons (Fsp3) is 0.370. The number of hydrogen-bond donors (Lipinski definition) is 1. The monoisotopic (exact) mass is 430 g/mol. The molecule has 0 radical (unpaired) electrons. The molecule has 0 saturated heterocycles. The number of hydrogen-bond acceptors (Lipinski definition) is 4. The number of benzene rings is 2. The average molecular weight is 431 g/mol. The van der Waals surface area contributed by atoms with Gasteiger partial charge >= 0.3 is 0 Å². The summed E-state index contributed by atoms with van der Waals surface area (Å²) in [7, 11) is 0. The number of amides is 2. The first-order valence-electron chi connectivity index (χ1n) is 11.7. The van der Waals surface area contributed by atoms with Gasteiger partial charge in [0.1, 0.15) is 5.70 Å². The van der Waals surface area contributed by atoms with Crippen molar-refractivity contribution in [3.05, 3.63) is 65.4 Å². The van der Waals surface area contributed by atoms with E-state index in [0.717, 1.165) is 19.3 Å². The molecule has 0 saturated carbocycles. The molecule has 1 N–H and O–H groups in total. The van der Waals surface area contributed by atoms with Crippen LogP contribution in [-0.4, -0.2) is 17.6 Å². The third-order valence-electron chi connectivity index (χ3n) is 6.23. The van der Waals surface area contributed by atoms with Gasteiger partial charge < -0.3 is 5.32 Å². The zero-order valence-corrected chi connectivity index (χ0v) is 18.7. The molecule has 0 bridgehead atoms. The van der Waals surface area contributed by atoms with Crippen LogP contribution in [0.4, 0.5) is 11.4 Å². The van der Waals surface area contributed by atoms with Gasteiger partial charge in [0.2, 0.25) is 11.7 Å². The minimum absolute atomic E-state index is 0.202. The highest BCUT2D eigenvalue weighted by molar-refractivity contribution is 6.44. The molecule has 0 unspecified atom stereocenters. The quantitative estimate of drug-likeness (QED) is 0.385. The van der Waals surface area contributed by atoms with E-state index in [0.29, 0.717) is 28.9 Å². The average Bonchev–Trinajstić information content (AvgIpc) is 3.28. The number of carbonyl (C=O) groups is 3. The summed E-state index contributed by atoms with van der Waals surface area (Å²) in [5, 5.41) is 3.11. The Bertz CT molecular complexity index is 1070. The van der Waals surface area contributed by atoms with E-state index >= 15 is 0 Å². The minimum atomic E-state index is -0.417. The SMILES string of the molecule is CCCCCCCCCCC(=O)N1C(=O)/C(=C2\Nc3ccccc3C2=O)c2ccccc21. The van der Waals surface area contributed by atoms with Crippen molar-refractivity contribution < 1.29 is 14.4 Å². The van der Waals surface area contributed by atoms with E-state index in [1.54, 1.807) is 24.3 Å². The smallest absolute Gasteiger partial charge is 0.268 e. The maximum absolute atomic E-state index is 13.4. The van der Waals surface area contributed by atoms with Gasteiger partial charge in [-0.2, -0.15) is 0 Å². The summed E-state index contributed by atoms with van der Waals surface area (Å²) in [5.74, 6) is -0.831. The molecular formula is C27H30N2O3. The second kappa shape index (κ2) is 9.94. The molecule has 2 aliphatic heterocycles. The summed E-state index contributed by atoms with van der Waals surface area (Å²) in [4.78, 5) is 40.6. The summed E-state index contributed by atoms with van der Waals surface area (Å²) in [5.41, 5.74) is 2.97. The maximum atomic E-state index is 13.4. The lowest BCUT2D eigenvalue weighted by Gasteiger charge is -2.15. The molecule has 166 valence electrons. The Balaban J connectivity index is 1.47. The van der Waals surface area contributed by atoms with E-state index in [-0.39, 0.29) is 23.0 Å². The van der Waals surface area contributed by atoms with E-state index < -0.39 is 5.91 Å².